The summed E-state index contributed by atoms with van der Waals surface area (Å²) in [4.78, 5) is 85.1. The number of ether oxygens (including phenoxy) is 3. The Morgan fingerprint density at radius 3 is 2.59 bits per heavy atom. The largest absolute Gasteiger partial charge is 0.464 e. The normalized spacial score (nSPS) is 22.8. The van der Waals surface area contributed by atoms with Gasteiger partial charge in [0.1, 0.15) is 24.7 Å². The molecule has 17 nitrogen and oxygen atoms in total. The third-order valence-corrected chi connectivity index (χ3v) is 15.2. The molecular weight excluding hydrogens is 887 g/mol. The van der Waals surface area contributed by atoms with Crippen molar-refractivity contribution in [1.82, 2.24) is 45.0 Å². The van der Waals surface area contributed by atoms with Crippen molar-refractivity contribution in [3.63, 3.8) is 0 Å². The van der Waals surface area contributed by atoms with E-state index in [4.69, 9.17) is 24.2 Å². The number of aromatic nitrogens is 3. The van der Waals surface area contributed by atoms with Crippen molar-refractivity contribution >= 4 is 52.0 Å². The zero-order valence-electron chi connectivity index (χ0n) is 40.9. The number of likely N-dealkylation sites (tertiary alicyclic amines) is 2. The highest BCUT2D eigenvalue weighted by Crippen LogP contribution is 2.43. The van der Waals surface area contributed by atoms with Crippen LogP contribution >= 0.6 is 11.3 Å². The van der Waals surface area contributed by atoms with Crippen molar-refractivity contribution in [2.24, 2.45) is 11.3 Å². The number of carbonyl (C=O) groups is 5. The molecule has 6 bridgehead atoms. The quantitative estimate of drug-likeness (QED) is 0.176. The molecule has 5 atom stereocenters. The molecule has 1 spiro atoms. The summed E-state index contributed by atoms with van der Waals surface area (Å²) in [7, 11) is 4.80. The van der Waals surface area contributed by atoms with Gasteiger partial charge in [-0.1, -0.05) is 33.8 Å². The minimum absolute atomic E-state index is 0. The summed E-state index contributed by atoms with van der Waals surface area (Å²) in [5, 5.41) is 8.14. The van der Waals surface area contributed by atoms with E-state index in [1.165, 1.54) is 28.4 Å². The molecular formula is C50H71N9O8S. The number of urea groups is 1. The maximum atomic E-state index is 14.7. The van der Waals surface area contributed by atoms with Crippen LogP contribution in [0.15, 0.2) is 41.9 Å². The van der Waals surface area contributed by atoms with E-state index >= 15 is 0 Å². The molecule has 5 amide bonds. The van der Waals surface area contributed by atoms with Gasteiger partial charge in [0.25, 0.3) is 5.91 Å². The Morgan fingerprint density at radius 2 is 1.88 bits per heavy atom. The van der Waals surface area contributed by atoms with E-state index in [2.05, 4.69) is 60.3 Å². The number of esters is 1. The van der Waals surface area contributed by atoms with Crippen molar-refractivity contribution < 1.29 is 41.0 Å². The molecule has 8 rings (SSSR count). The number of methoxy groups -OCH3 is 2. The van der Waals surface area contributed by atoms with Crippen LogP contribution in [0.3, 0.4) is 0 Å². The van der Waals surface area contributed by atoms with Gasteiger partial charge in [0, 0.05) is 102 Å². The van der Waals surface area contributed by atoms with Gasteiger partial charge in [0.2, 0.25) is 11.8 Å². The summed E-state index contributed by atoms with van der Waals surface area (Å²) >= 11 is 1.41. The van der Waals surface area contributed by atoms with Crippen molar-refractivity contribution in [2.75, 3.05) is 60.7 Å². The number of nitrogens with zero attached hydrogens (tertiary/aromatic N) is 7. The SMILES string of the molecule is CCn1c(-c2cccnc2[C@H](C)OC)c2c3cc(ccc31)-c1csc(n1)C[C@H](NC(=O)[C@H](C(C)C)N(C)C(=O)N1CCC13CCN(C(=O)COC)C3)C(=O)N1CCC[C@H](N1)C(=O)OCC(C)(C)C2.[HH].[HH]. The highest BCUT2D eigenvalue weighted by atomic mass is 32.1. The van der Waals surface area contributed by atoms with Gasteiger partial charge in [-0.05, 0) is 81.7 Å². The Bertz CT molecular complexity index is 2570. The zero-order valence-corrected chi connectivity index (χ0v) is 41.7. The second-order valence-corrected chi connectivity index (χ2v) is 20.9. The predicted molar refractivity (Wildman–Crippen MR) is 262 cm³/mol. The van der Waals surface area contributed by atoms with Gasteiger partial charge in [-0.15, -0.1) is 11.3 Å². The molecule has 3 saturated heterocycles. The zero-order chi connectivity index (χ0) is 48.7. The Balaban J connectivity index is 0.00000402. The van der Waals surface area contributed by atoms with Gasteiger partial charge in [0.05, 0.1) is 40.3 Å². The van der Waals surface area contributed by atoms with Crippen LogP contribution in [0.4, 0.5) is 4.79 Å². The van der Waals surface area contributed by atoms with E-state index in [0.29, 0.717) is 63.4 Å². The second-order valence-electron chi connectivity index (χ2n) is 20.0. The molecule has 0 radical (unpaired) electrons. The highest BCUT2D eigenvalue weighted by molar-refractivity contribution is 7.10. The predicted octanol–water partition coefficient (Wildman–Crippen LogP) is 6.09. The van der Waals surface area contributed by atoms with E-state index < -0.39 is 46.9 Å². The fourth-order valence-corrected chi connectivity index (χ4v) is 11.5. The molecule has 1 aromatic carbocycles. The minimum Gasteiger partial charge on any atom is -0.464 e. The van der Waals surface area contributed by atoms with Crippen molar-refractivity contribution in [3.05, 3.63) is 58.2 Å². The van der Waals surface area contributed by atoms with Gasteiger partial charge >= 0.3 is 12.0 Å². The summed E-state index contributed by atoms with van der Waals surface area (Å²) in [5.74, 6) is -1.80. The summed E-state index contributed by atoms with van der Waals surface area (Å²) in [6.07, 6.45) is 4.58. The second kappa shape index (κ2) is 19.9. The molecule has 2 N–H and O–H groups in total. The van der Waals surface area contributed by atoms with E-state index in [1.807, 2.05) is 32.2 Å². The number of aryl methyl sites for hydroxylation is 1. The number of cyclic esters (lactones) is 1. The van der Waals surface area contributed by atoms with Crippen LogP contribution in [0.1, 0.15) is 92.4 Å². The smallest absolute Gasteiger partial charge is 0.324 e. The number of benzene rings is 1. The number of amides is 5. The molecule has 7 heterocycles. The molecule has 4 aliphatic heterocycles. The van der Waals surface area contributed by atoms with E-state index in [0.717, 1.165) is 51.1 Å². The standard InChI is InChI=1S/C50H67N9O8S.2H2/c1-10-57-39-16-15-32-23-34(39)35(44(57)33-13-11-19-51-42(33)31(4)66-9)25-49(5,6)29-67-47(63)36-14-12-20-59(54-36)46(62)37(24-40-52-38(32)27-68-40)53-45(61)43(30(2)3)55(7)48(64)58-22-18-50(58)17-21-56(28-50)41(60)26-65-8;;/h11,13,15-16,19,23,27,30-31,36-37,43,54H,10,12,14,17-18,20-22,24-26,28-29H2,1-9H3,(H,53,61);2*1H/t31-,36-,37-,43-,50?;;/m0../s1. The number of hydrogen-bond acceptors (Lipinski definition) is 12. The third kappa shape index (κ3) is 9.48. The summed E-state index contributed by atoms with van der Waals surface area (Å²) < 4.78 is 19.3. The van der Waals surface area contributed by atoms with Crippen LogP contribution in [0.2, 0.25) is 0 Å². The molecule has 18 heteroatoms. The number of pyridine rings is 1. The van der Waals surface area contributed by atoms with Crippen LogP contribution in [-0.4, -0.2) is 148 Å². The molecule has 1 unspecified atom stereocenters. The number of hydrogen-bond donors (Lipinski definition) is 2. The Morgan fingerprint density at radius 1 is 1.10 bits per heavy atom. The molecule has 3 fully saturated rings. The highest BCUT2D eigenvalue weighted by Gasteiger charge is 2.54. The fraction of sp³-hybridized carbons (Fsp3) is 0.580. The van der Waals surface area contributed by atoms with Gasteiger partial charge in [-0.2, -0.15) is 0 Å². The van der Waals surface area contributed by atoms with Crippen LogP contribution < -0.4 is 10.7 Å². The molecule has 370 valence electrons. The number of nitrogens with one attached hydrogen (secondary N) is 2. The lowest BCUT2D eigenvalue weighted by Gasteiger charge is -2.52. The van der Waals surface area contributed by atoms with Gasteiger partial charge in [0.15, 0.2) is 0 Å². The summed E-state index contributed by atoms with van der Waals surface area (Å²) in [5.41, 5.74) is 8.77. The molecule has 4 aromatic rings. The topological polar surface area (TPSA) is 181 Å². The third-order valence-electron chi connectivity index (χ3n) is 14.3. The fourth-order valence-electron chi connectivity index (χ4n) is 10.6. The first-order valence-electron chi connectivity index (χ1n) is 23.9. The van der Waals surface area contributed by atoms with Crippen LogP contribution in [0, 0.1) is 11.3 Å². The first-order chi connectivity index (χ1) is 32.5. The first kappa shape index (κ1) is 49.0. The Labute approximate surface area is 405 Å². The lowest BCUT2D eigenvalue weighted by Crippen LogP contribution is -2.68. The van der Waals surface area contributed by atoms with Crippen molar-refractivity contribution in [1.29, 1.82) is 0 Å². The number of thiazole rings is 1. The molecule has 68 heavy (non-hydrogen) atoms. The van der Waals surface area contributed by atoms with Gasteiger partial charge in [-0.3, -0.25) is 29.2 Å². The minimum atomic E-state index is -1.09. The lowest BCUT2D eigenvalue weighted by molar-refractivity contribution is -0.155. The van der Waals surface area contributed by atoms with Crippen molar-refractivity contribution in [3.8, 4) is 22.5 Å². The number of likely N-dealkylation sites (N-methyl/N-ethyl adjacent to an activating group) is 1. The molecule has 0 aliphatic carbocycles. The lowest BCUT2D eigenvalue weighted by atomic mass is 9.84. The molecule has 4 aliphatic rings. The number of fused-ring (bicyclic) bond motifs is 6. The summed E-state index contributed by atoms with van der Waals surface area (Å²) in [6.45, 7) is 14.6. The van der Waals surface area contributed by atoms with Gasteiger partial charge in [-0.25, -0.2) is 15.2 Å². The van der Waals surface area contributed by atoms with Crippen LogP contribution in [-0.2, 0) is 52.8 Å². The van der Waals surface area contributed by atoms with Gasteiger partial charge < -0.3 is 38.8 Å². The number of carbonyl (C=O) groups excluding carboxylic acids is 5. The number of hydrazine groups is 1. The first-order valence-corrected chi connectivity index (χ1v) is 24.8. The maximum absolute atomic E-state index is 14.7. The number of rotatable bonds is 10. The average molecular weight is 958 g/mol. The summed E-state index contributed by atoms with van der Waals surface area (Å²) in [6, 6.07) is 7.31. The van der Waals surface area contributed by atoms with Crippen LogP contribution in [0.25, 0.3) is 33.4 Å². The monoisotopic (exact) mass is 958 g/mol. The van der Waals surface area contributed by atoms with Crippen molar-refractivity contribution in [2.45, 2.75) is 116 Å². The molecule has 3 aromatic heterocycles. The molecule has 0 saturated carbocycles. The van der Waals surface area contributed by atoms with Crippen LogP contribution in [0.5, 0.6) is 0 Å². The Kier molecular flexibility index (Phi) is 14.3. The van der Waals surface area contributed by atoms with E-state index in [9.17, 15) is 24.0 Å². The Hall–Kier alpha value is -5.43. The average Bonchev–Trinajstić information content (AvgIpc) is 4.07. The maximum Gasteiger partial charge on any atom is 0.324 e. The van der Waals surface area contributed by atoms with E-state index in [-0.39, 0.29) is 46.4 Å². The van der Waals surface area contributed by atoms with E-state index in [1.54, 1.807) is 30.2 Å².